The van der Waals surface area contributed by atoms with Gasteiger partial charge in [0.15, 0.2) is 0 Å². The van der Waals surface area contributed by atoms with Crippen molar-refractivity contribution in [2.75, 3.05) is 0 Å². The lowest BCUT2D eigenvalue weighted by Crippen LogP contribution is -2.32. The lowest BCUT2D eigenvalue weighted by molar-refractivity contribution is -0.121. The van der Waals surface area contributed by atoms with Crippen LogP contribution in [0.2, 0.25) is 5.02 Å². The normalized spacial score (nSPS) is 12.5. The van der Waals surface area contributed by atoms with Crippen LogP contribution in [0.25, 0.3) is 10.9 Å². The van der Waals surface area contributed by atoms with Crippen LogP contribution in [0.4, 0.5) is 0 Å². The predicted molar refractivity (Wildman–Crippen MR) is 164 cm³/mol. The van der Waals surface area contributed by atoms with Crippen molar-refractivity contribution < 1.29 is 13.2 Å². The second-order valence-corrected chi connectivity index (χ2v) is 11.9. The van der Waals surface area contributed by atoms with Crippen LogP contribution in [-0.4, -0.2) is 25.1 Å². The van der Waals surface area contributed by atoms with Crippen LogP contribution in [0.5, 0.6) is 0 Å². The Morgan fingerprint density at radius 2 is 1.61 bits per heavy atom. The second kappa shape index (κ2) is 12.5. The highest BCUT2D eigenvalue weighted by molar-refractivity contribution is 7.89. The number of nitrogens with one attached hydrogen (secondary N) is 2. The first-order chi connectivity index (χ1) is 19.8. The molecular weight excluding hydrogens is 556 g/mol. The van der Waals surface area contributed by atoms with Crippen molar-refractivity contribution in [3.63, 3.8) is 0 Å². The Balaban J connectivity index is 1.31. The highest BCUT2D eigenvalue weighted by Gasteiger charge is 2.23. The summed E-state index contributed by atoms with van der Waals surface area (Å²) in [6.07, 6.45) is 3.45. The molecule has 5 rings (SSSR count). The van der Waals surface area contributed by atoms with Crippen LogP contribution >= 0.6 is 11.6 Å². The minimum atomic E-state index is -3.86. The largest absolute Gasteiger partial charge is 0.342 e. The maximum atomic E-state index is 13.1. The summed E-state index contributed by atoms with van der Waals surface area (Å²) in [6.45, 7) is 2.54. The number of para-hydroxylation sites is 1. The van der Waals surface area contributed by atoms with Gasteiger partial charge in [-0.1, -0.05) is 90.0 Å². The van der Waals surface area contributed by atoms with Gasteiger partial charge < -0.3 is 4.57 Å². The molecule has 1 atom stereocenters. The van der Waals surface area contributed by atoms with Gasteiger partial charge in [-0.2, -0.15) is 5.10 Å². The Labute approximate surface area is 244 Å². The molecule has 0 aliphatic heterocycles. The van der Waals surface area contributed by atoms with Crippen molar-refractivity contribution in [3.05, 3.63) is 137 Å². The molecule has 0 saturated carbocycles. The monoisotopic (exact) mass is 584 g/mol. The number of hydrogen-bond donors (Lipinski definition) is 2. The molecule has 0 bridgehead atoms. The van der Waals surface area contributed by atoms with Crippen molar-refractivity contribution >= 4 is 44.6 Å². The standard InChI is InChI=1S/C32H29ClN4O3S/c1-23-11-17-28(18-12-23)41(39,40)36-30(25-7-3-2-4-8-25)19-32(38)35-34-20-26-22-37(31-10-6-5-9-29(26)31)21-24-13-15-27(33)16-14-24/h2-18,20,22,30,36H,19,21H2,1H3,(H,35,38)/b34-20-/t30-/m1/s1. The number of sulfonamides is 1. The summed E-state index contributed by atoms with van der Waals surface area (Å²) in [4.78, 5) is 13.1. The molecule has 0 aliphatic carbocycles. The van der Waals surface area contributed by atoms with E-state index in [1.807, 2.05) is 67.7 Å². The van der Waals surface area contributed by atoms with E-state index in [1.54, 1.807) is 54.7 Å². The quantitative estimate of drug-likeness (QED) is 0.151. The summed E-state index contributed by atoms with van der Waals surface area (Å²) < 4.78 is 31.0. The Bertz CT molecular complexity index is 1780. The average molecular weight is 585 g/mol. The van der Waals surface area contributed by atoms with E-state index >= 15 is 0 Å². The number of amides is 1. The summed E-state index contributed by atoms with van der Waals surface area (Å²) in [6, 6.07) is 30.5. The third-order valence-corrected chi connectivity index (χ3v) is 8.44. The first-order valence-electron chi connectivity index (χ1n) is 13.1. The molecule has 0 spiro atoms. The molecule has 9 heteroatoms. The van der Waals surface area contributed by atoms with Gasteiger partial charge in [0.1, 0.15) is 0 Å². The fraction of sp³-hybridized carbons (Fsp3) is 0.125. The fourth-order valence-corrected chi connectivity index (χ4v) is 5.94. The molecule has 41 heavy (non-hydrogen) atoms. The predicted octanol–water partition coefficient (Wildman–Crippen LogP) is 6.21. The number of fused-ring (bicyclic) bond motifs is 1. The Kier molecular flexibility index (Phi) is 8.64. The average Bonchev–Trinajstić information content (AvgIpc) is 3.31. The maximum absolute atomic E-state index is 13.1. The molecule has 5 aromatic rings. The van der Waals surface area contributed by atoms with Crippen LogP contribution in [0, 0.1) is 6.92 Å². The summed E-state index contributed by atoms with van der Waals surface area (Å²) in [7, 11) is -3.86. The van der Waals surface area contributed by atoms with Gasteiger partial charge in [0, 0.05) is 40.7 Å². The molecule has 208 valence electrons. The Hall–Kier alpha value is -4.24. The highest BCUT2D eigenvalue weighted by atomic mass is 35.5. The van der Waals surface area contributed by atoms with Gasteiger partial charge in [-0.05, 0) is 48.4 Å². The van der Waals surface area contributed by atoms with Crippen LogP contribution in [0.3, 0.4) is 0 Å². The molecule has 2 N–H and O–H groups in total. The van der Waals surface area contributed by atoms with E-state index in [4.69, 9.17) is 11.6 Å². The van der Waals surface area contributed by atoms with E-state index in [0.717, 1.165) is 27.6 Å². The number of nitrogens with zero attached hydrogens (tertiary/aromatic N) is 2. The van der Waals surface area contributed by atoms with Crippen molar-refractivity contribution in [1.82, 2.24) is 14.7 Å². The molecule has 1 amide bonds. The number of carbonyl (C=O) groups is 1. The van der Waals surface area contributed by atoms with Crippen molar-refractivity contribution in [3.8, 4) is 0 Å². The number of aryl methyl sites for hydroxylation is 1. The highest BCUT2D eigenvalue weighted by Crippen LogP contribution is 2.23. The summed E-state index contributed by atoms with van der Waals surface area (Å²) in [5, 5.41) is 5.88. The third kappa shape index (κ3) is 7.10. The van der Waals surface area contributed by atoms with E-state index < -0.39 is 22.0 Å². The van der Waals surface area contributed by atoms with E-state index in [9.17, 15) is 13.2 Å². The molecule has 1 aromatic heterocycles. The van der Waals surface area contributed by atoms with Gasteiger partial charge in [-0.3, -0.25) is 4.79 Å². The molecule has 0 aliphatic rings. The zero-order valence-electron chi connectivity index (χ0n) is 22.4. The van der Waals surface area contributed by atoms with Gasteiger partial charge in [0.2, 0.25) is 15.9 Å². The second-order valence-electron chi connectivity index (χ2n) is 9.75. The summed E-state index contributed by atoms with van der Waals surface area (Å²) >= 11 is 6.04. The lowest BCUT2D eigenvalue weighted by atomic mass is 10.0. The molecule has 7 nitrogen and oxygen atoms in total. The van der Waals surface area contributed by atoms with E-state index in [-0.39, 0.29) is 11.3 Å². The van der Waals surface area contributed by atoms with Gasteiger partial charge in [0.25, 0.3) is 0 Å². The molecule has 1 heterocycles. The number of hydrogen-bond acceptors (Lipinski definition) is 4. The van der Waals surface area contributed by atoms with E-state index in [2.05, 4.69) is 19.8 Å². The summed E-state index contributed by atoms with van der Waals surface area (Å²) in [5.41, 5.74) is 7.17. The van der Waals surface area contributed by atoms with Crippen molar-refractivity contribution in [2.45, 2.75) is 30.8 Å². The fourth-order valence-electron chi connectivity index (χ4n) is 4.59. The molecule has 0 saturated heterocycles. The topological polar surface area (TPSA) is 92.6 Å². The number of hydrazone groups is 1. The molecule has 0 radical (unpaired) electrons. The third-order valence-electron chi connectivity index (χ3n) is 6.70. The van der Waals surface area contributed by atoms with Crippen LogP contribution in [-0.2, 0) is 21.4 Å². The van der Waals surface area contributed by atoms with Crippen molar-refractivity contribution in [2.24, 2.45) is 5.10 Å². The van der Waals surface area contributed by atoms with E-state index in [1.165, 1.54) is 0 Å². The number of aromatic nitrogens is 1. The van der Waals surface area contributed by atoms with Crippen molar-refractivity contribution in [1.29, 1.82) is 0 Å². The smallest absolute Gasteiger partial charge is 0.242 e. The lowest BCUT2D eigenvalue weighted by Gasteiger charge is -2.18. The zero-order chi connectivity index (χ0) is 28.8. The minimum Gasteiger partial charge on any atom is -0.342 e. The van der Waals surface area contributed by atoms with Gasteiger partial charge in [-0.25, -0.2) is 18.6 Å². The summed E-state index contributed by atoms with van der Waals surface area (Å²) in [5.74, 6) is -0.424. The SMILES string of the molecule is Cc1ccc(S(=O)(=O)N[C@H](CC(=O)N/N=C\c2cn(Cc3ccc(Cl)cc3)c3ccccc23)c2ccccc2)cc1. The number of carbonyl (C=O) groups excluding carboxylic acids is 1. The first-order valence-corrected chi connectivity index (χ1v) is 14.9. The number of rotatable bonds is 10. The van der Waals surface area contributed by atoms with Crippen LogP contribution < -0.4 is 10.1 Å². The van der Waals surface area contributed by atoms with Crippen LogP contribution in [0.1, 0.15) is 34.7 Å². The molecule has 0 fully saturated rings. The zero-order valence-corrected chi connectivity index (χ0v) is 23.9. The first kappa shape index (κ1) is 28.3. The van der Waals surface area contributed by atoms with Crippen LogP contribution in [0.15, 0.2) is 119 Å². The van der Waals surface area contributed by atoms with E-state index in [0.29, 0.717) is 17.1 Å². The number of halogens is 1. The molecule has 0 unspecified atom stereocenters. The van der Waals surface area contributed by atoms with Gasteiger partial charge in [0.05, 0.1) is 17.2 Å². The maximum Gasteiger partial charge on any atom is 0.242 e. The number of benzene rings is 4. The van der Waals surface area contributed by atoms with Gasteiger partial charge in [-0.15, -0.1) is 0 Å². The minimum absolute atomic E-state index is 0.134. The Morgan fingerprint density at radius 1 is 0.927 bits per heavy atom. The van der Waals surface area contributed by atoms with Gasteiger partial charge >= 0.3 is 0 Å². The molecular formula is C32H29ClN4O3S. The molecule has 4 aromatic carbocycles. The Morgan fingerprint density at radius 3 is 2.34 bits per heavy atom.